The molecule has 0 atom stereocenters. The van der Waals surface area contributed by atoms with Crippen LogP contribution in [0, 0.1) is 7.14 Å². The van der Waals surface area contributed by atoms with Gasteiger partial charge in [-0.05, 0) is 48.7 Å². The Labute approximate surface area is 223 Å². The molecule has 0 N–H and O–H groups in total. The molecule has 0 aliphatic carbocycles. The summed E-state index contributed by atoms with van der Waals surface area (Å²) in [6.07, 6.45) is 13.2. The first-order valence-corrected chi connectivity index (χ1v) is 16.4. The summed E-state index contributed by atoms with van der Waals surface area (Å²) in [5.41, 5.74) is 0.664. The molecule has 0 saturated heterocycles. The van der Waals surface area contributed by atoms with E-state index in [4.69, 9.17) is 0 Å². The maximum atomic E-state index is 11.2. The van der Waals surface area contributed by atoms with Crippen LogP contribution in [0.1, 0.15) is 76.7 Å². The summed E-state index contributed by atoms with van der Waals surface area (Å²) in [5.74, 6) is 0. The number of aryl methyl sites for hydroxylation is 1. The molecular weight excluding hydrogens is 567 g/mol. The van der Waals surface area contributed by atoms with E-state index in [0.717, 1.165) is 12.8 Å². The van der Waals surface area contributed by atoms with Crippen LogP contribution in [0.2, 0.25) is 0 Å². The molecule has 0 heterocycles. The van der Waals surface area contributed by atoms with E-state index in [-0.39, 0.29) is 26.1 Å². The quantitative estimate of drug-likeness (QED) is 0.150. The number of benzene rings is 3. The van der Waals surface area contributed by atoms with Crippen molar-refractivity contribution in [2.75, 3.05) is 0 Å². The average Bonchev–Trinajstić information content (AvgIpc) is 2.86. The van der Waals surface area contributed by atoms with Gasteiger partial charge in [0, 0.05) is 0 Å². The molecule has 0 radical (unpaired) electrons. The van der Waals surface area contributed by atoms with Gasteiger partial charge in [0.25, 0.3) is 0 Å². The van der Waals surface area contributed by atoms with Crippen LogP contribution >= 0.6 is 0 Å². The molecule has 3 nitrogen and oxygen atoms in total. The third-order valence-corrected chi connectivity index (χ3v) is 9.35. The zero-order valence-electron chi connectivity index (χ0n) is 20.9. The predicted molar refractivity (Wildman–Crippen MR) is 140 cm³/mol. The Hall–Kier alpha value is -1.70. The van der Waals surface area contributed by atoms with E-state index in [9.17, 15) is 13.0 Å². The molecule has 0 bridgehead atoms. The second kappa shape index (κ2) is 17.7. The van der Waals surface area contributed by atoms with E-state index in [1.54, 1.807) is 18.2 Å². The van der Waals surface area contributed by atoms with Gasteiger partial charge in [-0.3, -0.25) is 0 Å². The van der Waals surface area contributed by atoms with E-state index in [0.29, 0.717) is 12.0 Å². The minimum atomic E-state index is -4.35. The van der Waals surface area contributed by atoms with Crippen LogP contribution < -0.4 is 21.2 Å². The van der Waals surface area contributed by atoms with E-state index in [1.807, 2.05) is 0 Å². The molecule has 190 valence electrons. The summed E-state index contributed by atoms with van der Waals surface area (Å²) < 4.78 is 36.5. The molecule has 3 rings (SSSR count). The van der Waals surface area contributed by atoms with Crippen LogP contribution in [0.3, 0.4) is 0 Å². The van der Waals surface area contributed by atoms with E-state index < -0.39 is 10.1 Å². The van der Waals surface area contributed by atoms with Crippen molar-refractivity contribution in [1.82, 2.24) is 0 Å². The Morgan fingerprint density at radius 3 is 1.51 bits per heavy atom. The van der Waals surface area contributed by atoms with Crippen molar-refractivity contribution in [2.24, 2.45) is 0 Å². The van der Waals surface area contributed by atoms with Gasteiger partial charge in [-0.2, -0.15) is 0 Å². The largest absolute Gasteiger partial charge is 0.744 e. The first-order valence-electron chi connectivity index (χ1n) is 12.8. The van der Waals surface area contributed by atoms with Crippen molar-refractivity contribution >= 4 is 10.1 Å². The third kappa shape index (κ3) is 13.3. The first kappa shape index (κ1) is 29.5. The maximum absolute atomic E-state index is 11.2. The zero-order chi connectivity index (χ0) is 25.2. The molecule has 5 heteroatoms. The third-order valence-electron chi connectivity index (χ3n) is 5.73. The number of unbranched alkanes of at least 4 members (excludes halogenated alkanes) is 9. The van der Waals surface area contributed by atoms with E-state index in [1.165, 1.54) is 64.6 Å². The lowest BCUT2D eigenvalue weighted by Gasteiger charge is -2.12. The molecule has 0 spiro atoms. The molecule has 0 aliphatic rings. The van der Waals surface area contributed by atoms with Crippen LogP contribution in [0.15, 0.2) is 89.8 Å². The normalized spacial score (nSPS) is 11.0. The van der Waals surface area contributed by atoms with Gasteiger partial charge in [-0.1, -0.05) is 119 Å². The smallest absolute Gasteiger partial charge is 0.357 e. The summed E-state index contributed by atoms with van der Waals surface area (Å²) in [7, 11) is -4.35. The van der Waals surface area contributed by atoms with Gasteiger partial charge in [-0.25, -0.2) is 8.42 Å². The standard InChI is InChI=1S/C18H30O3S.C12H10I/c1-2-3-4-5-6-7-8-9-10-11-14-17-15-12-13-16-18(17)22(19,20)21;1-3-7-11(8-4-1)13-12-9-5-2-6-10-12/h12-13,15-16H,2-11,14H2,1H3,(H,19,20,21);1-10H/q;+1/p-1. The van der Waals surface area contributed by atoms with Crippen molar-refractivity contribution in [3.05, 3.63) is 97.6 Å². The number of hydrogen-bond acceptors (Lipinski definition) is 3. The summed E-state index contributed by atoms with van der Waals surface area (Å²) in [5, 5.41) is 0. The van der Waals surface area contributed by atoms with Crippen molar-refractivity contribution in [3.63, 3.8) is 0 Å². The summed E-state index contributed by atoms with van der Waals surface area (Å²) in [4.78, 5) is -0.0501. The van der Waals surface area contributed by atoms with Gasteiger partial charge in [-0.15, -0.1) is 0 Å². The van der Waals surface area contributed by atoms with Gasteiger partial charge in [0.2, 0.25) is 0 Å². The summed E-state index contributed by atoms with van der Waals surface area (Å²) >= 11 is 0.0287. The van der Waals surface area contributed by atoms with Crippen molar-refractivity contribution in [3.8, 4) is 0 Å². The monoisotopic (exact) mass is 606 g/mol. The fraction of sp³-hybridized carbons (Fsp3) is 0.400. The maximum Gasteiger partial charge on any atom is 0.357 e. The molecule has 0 aliphatic heterocycles. The molecule has 35 heavy (non-hydrogen) atoms. The zero-order valence-corrected chi connectivity index (χ0v) is 23.8. The lowest BCUT2D eigenvalue weighted by atomic mass is 10.0. The fourth-order valence-corrected chi connectivity index (χ4v) is 6.84. The molecular formula is C30H39IO3S. The van der Waals surface area contributed by atoms with Gasteiger partial charge >= 0.3 is 21.2 Å². The topological polar surface area (TPSA) is 57.2 Å². The first-order chi connectivity index (χ1) is 17.0. The highest BCUT2D eigenvalue weighted by molar-refractivity contribution is 7.85. The van der Waals surface area contributed by atoms with Crippen LogP contribution in [0.5, 0.6) is 0 Å². The van der Waals surface area contributed by atoms with Gasteiger partial charge in [0.15, 0.2) is 7.14 Å². The summed E-state index contributed by atoms with van der Waals surface area (Å²) in [6, 6.07) is 28.0. The van der Waals surface area contributed by atoms with Crippen LogP contribution in [-0.4, -0.2) is 13.0 Å². The number of hydrogen-bond donors (Lipinski definition) is 0. The molecule has 3 aromatic carbocycles. The van der Waals surface area contributed by atoms with Gasteiger partial charge in [0.1, 0.15) is 10.1 Å². The van der Waals surface area contributed by atoms with Gasteiger partial charge < -0.3 is 4.55 Å². The fourth-order valence-electron chi connectivity index (χ4n) is 3.84. The highest BCUT2D eigenvalue weighted by Crippen LogP contribution is 2.18. The second-order valence-electron chi connectivity index (χ2n) is 8.68. The van der Waals surface area contributed by atoms with Crippen molar-refractivity contribution < 1.29 is 34.2 Å². The van der Waals surface area contributed by atoms with Crippen LogP contribution in [-0.2, 0) is 16.5 Å². The molecule has 0 amide bonds. The SMILES string of the molecule is CCCCCCCCCCCCc1ccccc1S(=O)(=O)[O-].c1ccc([I+]c2ccccc2)cc1. The Bertz CT molecular complexity index is 1000. The summed E-state index contributed by atoms with van der Waals surface area (Å²) in [6.45, 7) is 2.23. The molecule has 0 saturated carbocycles. The lowest BCUT2D eigenvalue weighted by molar-refractivity contribution is -0.597. The Balaban J connectivity index is 0.000000279. The molecule has 3 aromatic rings. The highest BCUT2D eigenvalue weighted by atomic mass is 127. The van der Waals surface area contributed by atoms with Crippen molar-refractivity contribution in [2.45, 2.75) is 82.4 Å². The average molecular weight is 607 g/mol. The van der Waals surface area contributed by atoms with Crippen LogP contribution in [0.4, 0.5) is 0 Å². The Morgan fingerprint density at radius 2 is 1.03 bits per heavy atom. The molecule has 0 aromatic heterocycles. The highest BCUT2D eigenvalue weighted by Gasteiger charge is 2.12. The lowest BCUT2D eigenvalue weighted by Crippen LogP contribution is -3.61. The Kier molecular flexibility index (Phi) is 14.9. The van der Waals surface area contributed by atoms with E-state index in [2.05, 4.69) is 67.6 Å². The van der Waals surface area contributed by atoms with Gasteiger partial charge in [0.05, 0.1) is 4.90 Å². The number of rotatable bonds is 14. The molecule has 0 fully saturated rings. The van der Waals surface area contributed by atoms with E-state index >= 15 is 0 Å². The minimum Gasteiger partial charge on any atom is -0.744 e. The predicted octanol–water partition coefficient (Wildman–Crippen LogP) is 4.87. The Morgan fingerprint density at radius 1 is 0.600 bits per heavy atom. The van der Waals surface area contributed by atoms with Crippen LogP contribution in [0.25, 0.3) is 0 Å². The van der Waals surface area contributed by atoms with Crippen molar-refractivity contribution in [1.29, 1.82) is 0 Å². The molecule has 0 unspecified atom stereocenters. The minimum absolute atomic E-state index is 0.0287. The second-order valence-corrected chi connectivity index (χ2v) is 13.1. The number of halogens is 1.